The molecule has 0 aliphatic heterocycles. The lowest BCUT2D eigenvalue weighted by Gasteiger charge is -2.10. The van der Waals surface area contributed by atoms with E-state index in [2.05, 4.69) is 17.6 Å². The van der Waals surface area contributed by atoms with E-state index in [9.17, 15) is 13.2 Å². The van der Waals surface area contributed by atoms with E-state index in [1.165, 1.54) is 11.3 Å². The van der Waals surface area contributed by atoms with E-state index >= 15 is 0 Å². The largest absolute Gasteiger partial charge is 0.436 e. The smallest absolute Gasteiger partial charge is 0.417 e. The van der Waals surface area contributed by atoms with Gasteiger partial charge in [-0.3, -0.25) is 0 Å². The number of hydrogen-bond donors (Lipinski definition) is 1. The number of pyridine rings is 1. The minimum Gasteiger partial charge on any atom is -0.436 e. The van der Waals surface area contributed by atoms with Gasteiger partial charge in [0, 0.05) is 11.9 Å². The van der Waals surface area contributed by atoms with Crippen LogP contribution in [0.15, 0.2) is 23.7 Å². The van der Waals surface area contributed by atoms with E-state index in [0.29, 0.717) is 17.7 Å². The molecule has 19 heavy (non-hydrogen) atoms. The van der Waals surface area contributed by atoms with E-state index in [-0.39, 0.29) is 10.9 Å². The number of nitrogens with zero attached hydrogens (tertiary/aromatic N) is 1. The van der Waals surface area contributed by atoms with E-state index in [1.54, 1.807) is 11.4 Å². The summed E-state index contributed by atoms with van der Waals surface area (Å²) in [6, 6.07) is 2.47. The van der Waals surface area contributed by atoms with Crippen molar-refractivity contribution in [2.75, 3.05) is 0 Å². The lowest BCUT2D eigenvalue weighted by Crippen LogP contribution is -2.05. The zero-order chi connectivity index (χ0) is 14.0. The van der Waals surface area contributed by atoms with E-state index in [4.69, 9.17) is 16.3 Å². The fourth-order valence-corrected chi connectivity index (χ4v) is 2.54. The highest BCUT2D eigenvalue weighted by Crippen LogP contribution is 2.36. The molecule has 0 bridgehead atoms. The van der Waals surface area contributed by atoms with Crippen LogP contribution in [-0.2, 0) is 11.9 Å². The third kappa shape index (κ3) is 3.34. The number of hydrogen-bond acceptors (Lipinski definition) is 4. The molecular weight excluding hydrogens is 319 g/mol. The first-order valence-electron chi connectivity index (χ1n) is 4.99. The van der Waals surface area contributed by atoms with Gasteiger partial charge in [0.25, 0.3) is 0 Å². The van der Waals surface area contributed by atoms with Crippen molar-refractivity contribution in [3.05, 3.63) is 39.2 Å². The summed E-state index contributed by atoms with van der Waals surface area (Å²) in [5.41, 5.74) is -0.912. The summed E-state index contributed by atoms with van der Waals surface area (Å²) >= 11 is 11.3. The van der Waals surface area contributed by atoms with Crippen molar-refractivity contribution in [3.8, 4) is 11.6 Å². The third-order valence-corrected chi connectivity index (χ3v) is 3.89. The Balaban J connectivity index is 2.27. The minimum atomic E-state index is -4.48. The van der Waals surface area contributed by atoms with Crippen LogP contribution in [0.3, 0.4) is 0 Å². The van der Waals surface area contributed by atoms with Crippen molar-refractivity contribution in [2.24, 2.45) is 0 Å². The van der Waals surface area contributed by atoms with Crippen LogP contribution in [-0.4, -0.2) is 4.98 Å². The summed E-state index contributed by atoms with van der Waals surface area (Å²) in [7, 11) is 0. The molecular formula is C11H7ClF3NOS2. The predicted octanol–water partition coefficient (Wildman–Crippen LogP) is 5.04. The summed E-state index contributed by atoms with van der Waals surface area (Å²) in [6.45, 7) is 0. The lowest BCUT2D eigenvalue weighted by molar-refractivity contribution is -0.137. The monoisotopic (exact) mass is 325 g/mol. The summed E-state index contributed by atoms with van der Waals surface area (Å²) in [6.07, 6.45) is -3.79. The van der Waals surface area contributed by atoms with Gasteiger partial charge in [-0.2, -0.15) is 25.8 Å². The second-order valence-electron chi connectivity index (χ2n) is 3.48. The molecule has 0 saturated heterocycles. The zero-order valence-corrected chi connectivity index (χ0v) is 11.7. The van der Waals surface area contributed by atoms with Crippen LogP contribution in [0.25, 0.3) is 0 Å². The summed E-state index contributed by atoms with van der Waals surface area (Å²) in [5, 5.41) is 1.60. The zero-order valence-electron chi connectivity index (χ0n) is 9.24. The fraction of sp³-hybridized carbons (Fsp3) is 0.182. The molecule has 2 aromatic heterocycles. The van der Waals surface area contributed by atoms with Crippen LogP contribution in [0.5, 0.6) is 11.6 Å². The quantitative estimate of drug-likeness (QED) is 0.799. The van der Waals surface area contributed by atoms with E-state index < -0.39 is 11.7 Å². The summed E-state index contributed by atoms with van der Waals surface area (Å²) < 4.78 is 42.7. The number of aromatic nitrogens is 1. The number of ether oxygens (including phenoxy) is 1. The van der Waals surface area contributed by atoms with Crippen LogP contribution in [0, 0.1) is 0 Å². The first-order valence-corrected chi connectivity index (χ1v) is 6.88. The van der Waals surface area contributed by atoms with Crippen molar-refractivity contribution >= 4 is 35.6 Å². The first-order chi connectivity index (χ1) is 8.91. The van der Waals surface area contributed by atoms with Crippen molar-refractivity contribution in [1.82, 2.24) is 4.98 Å². The minimum absolute atomic E-state index is 0.0592. The molecule has 0 saturated carbocycles. The van der Waals surface area contributed by atoms with Gasteiger partial charge in [0.05, 0.1) is 10.4 Å². The van der Waals surface area contributed by atoms with Gasteiger partial charge in [0.15, 0.2) is 0 Å². The Morgan fingerprint density at radius 2 is 2.16 bits per heavy atom. The number of rotatable bonds is 3. The molecule has 0 spiro atoms. The molecule has 0 fully saturated rings. The van der Waals surface area contributed by atoms with Gasteiger partial charge in [0.2, 0.25) is 5.88 Å². The van der Waals surface area contributed by atoms with E-state index in [1.807, 2.05) is 0 Å². The Kier molecular flexibility index (Phi) is 4.27. The maximum atomic E-state index is 12.4. The Morgan fingerprint density at radius 1 is 1.42 bits per heavy atom. The third-order valence-electron chi connectivity index (χ3n) is 2.19. The second kappa shape index (κ2) is 5.60. The van der Waals surface area contributed by atoms with Gasteiger partial charge in [-0.05, 0) is 17.5 Å². The molecule has 0 aromatic carbocycles. The SMILES string of the molecule is FC(F)(F)c1cnc(Oc2ccsc2CS)c(Cl)c1. The Morgan fingerprint density at radius 3 is 2.74 bits per heavy atom. The normalized spacial score (nSPS) is 11.6. The van der Waals surface area contributed by atoms with Gasteiger partial charge in [-0.1, -0.05) is 11.6 Å². The molecule has 2 aromatic rings. The molecule has 0 radical (unpaired) electrons. The van der Waals surface area contributed by atoms with Crippen LogP contribution >= 0.6 is 35.6 Å². The Bertz CT molecular complexity index is 586. The average Bonchev–Trinajstić information content (AvgIpc) is 2.77. The van der Waals surface area contributed by atoms with Gasteiger partial charge in [-0.15, -0.1) is 11.3 Å². The topological polar surface area (TPSA) is 22.1 Å². The molecule has 0 aliphatic rings. The van der Waals surface area contributed by atoms with Gasteiger partial charge < -0.3 is 4.74 Å². The fourth-order valence-electron chi connectivity index (χ4n) is 1.29. The Hall–Kier alpha value is -0.920. The number of thiol groups is 1. The molecule has 0 N–H and O–H groups in total. The van der Waals surface area contributed by atoms with Gasteiger partial charge in [0.1, 0.15) is 10.8 Å². The molecule has 102 valence electrons. The summed E-state index contributed by atoms with van der Waals surface area (Å²) in [4.78, 5) is 4.45. The van der Waals surface area contributed by atoms with Gasteiger partial charge >= 0.3 is 6.18 Å². The molecule has 2 rings (SSSR count). The number of thiophene rings is 1. The molecule has 2 heterocycles. The van der Waals surface area contributed by atoms with Gasteiger partial charge in [-0.25, -0.2) is 4.98 Å². The first kappa shape index (κ1) is 14.5. The highest BCUT2D eigenvalue weighted by atomic mass is 35.5. The second-order valence-corrected chi connectivity index (χ2v) is 5.20. The number of halogens is 4. The number of alkyl halides is 3. The molecule has 0 unspecified atom stereocenters. The maximum absolute atomic E-state index is 12.4. The highest BCUT2D eigenvalue weighted by Gasteiger charge is 2.31. The van der Waals surface area contributed by atoms with Crippen molar-refractivity contribution in [3.63, 3.8) is 0 Å². The molecule has 0 atom stereocenters. The Labute approximate surface area is 121 Å². The lowest BCUT2D eigenvalue weighted by atomic mass is 10.3. The van der Waals surface area contributed by atoms with Crippen LogP contribution in [0.2, 0.25) is 5.02 Å². The van der Waals surface area contributed by atoms with Crippen molar-refractivity contribution in [1.29, 1.82) is 0 Å². The molecule has 0 amide bonds. The van der Waals surface area contributed by atoms with Crippen molar-refractivity contribution in [2.45, 2.75) is 11.9 Å². The molecule has 0 aliphatic carbocycles. The molecule has 2 nitrogen and oxygen atoms in total. The predicted molar refractivity (Wildman–Crippen MR) is 71.3 cm³/mol. The van der Waals surface area contributed by atoms with Crippen LogP contribution in [0.4, 0.5) is 13.2 Å². The van der Waals surface area contributed by atoms with E-state index in [0.717, 1.165) is 10.9 Å². The van der Waals surface area contributed by atoms with Crippen molar-refractivity contribution < 1.29 is 17.9 Å². The standard InChI is InChI=1S/C11H7ClF3NOS2/c12-7-3-6(11(13,14)15)4-16-10(7)17-8-1-2-19-9(8)5-18/h1-4,18H,5H2. The highest BCUT2D eigenvalue weighted by molar-refractivity contribution is 7.79. The van der Waals surface area contributed by atoms with Crippen LogP contribution < -0.4 is 4.74 Å². The average molecular weight is 326 g/mol. The van der Waals surface area contributed by atoms with Crippen LogP contribution in [0.1, 0.15) is 10.4 Å². The molecule has 8 heteroatoms. The summed E-state index contributed by atoms with van der Waals surface area (Å²) in [5.74, 6) is 0.899. The maximum Gasteiger partial charge on any atom is 0.417 e.